The van der Waals surface area contributed by atoms with Gasteiger partial charge in [-0.15, -0.1) is 10.9 Å². The maximum atomic E-state index is 2.93. The monoisotopic (exact) mass is 100 g/mol. The van der Waals surface area contributed by atoms with Gasteiger partial charge in [0.05, 0.1) is 0 Å². The van der Waals surface area contributed by atoms with E-state index in [0.29, 0.717) is 0 Å². The number of rotatable bonds is 0. The van der Waals surface area contributed by atoms with Gasteiger partial charge in [-0.3, -0.25) is 0 Å². The molecule has 0 unspecified atom stereocenters. The van der Waals surface area contributed by atoms with Crippen LogP contribution in [-0.4, -0.2) is 10.4 Å². The Hall–Kier alpha value is -0.260. The largest absolute Gasteiger partial charge is 0.106 e. The molecule has 6 heavy (non-hydrogen) atoms. The summed E-state index contributed by atoms with van der Waals surface area (Å²) in [5.41, 5.74) is 0. The molecule has 1 heteroatoms. The van der Waals surface area contributed by atoms with Gasteiger partial charge in [-0.1, -0.05) is 5.02 Å². The fraction of sp³-hybridized carbons (Fsp3) is 0.400. The van der Waals surface area contributed by atoms with Crippen molar-refractivity contribution in [2.45, 2.75) is 13.8 Å². The summed E-state index contributed by atoms with van der Waals surface area (Å²) < 4.78 is 0. The Morgan fingerprint density at radius 1 is 1.50 bits per heavy atom. The zero-order valence-corrected chi connectivity index (χ0v) is 4.88. The molecule has 0 bridgehead atoms. The van der Waals surface area contributed by atoms with Crippen molar-refractivity contribution in [3.8, 4) is 0 Å². The van der Waals surface area contributed by atoms with Crippen molar-refractivity contribution in [2.75, 3.05) is 0 Å². The lowest BCUT2D eigenvalue weighted by atomic mass is 10.8. The molecule has 0 aromatic carbocycles. The second-order valence-corrected chi connectivity index (χ2v) is 1.70. The quantitative estimate of drug-likeness (QED) is 0.405. The standard InChI is InChI=1S/C5H8S/c1-3-5-6-4-2/h3-4H,1-2H3. The normalized spacial score (nSPS) is 5.67. The third-order valence-corrected chi connectivity index (χ3v) is 0.911. The van der Waals surface area contributed by atoms with E-state index in [1.54, 1.807) is 10.9 Å². The van der Waals surface area contributed by atoms with E-state index in [2.05, 4.69) is 5.02 Å². The molecule has 0 atom stereocenters. The molecule has 0 aromatic heterocycles. The predicted molar refractivity (Wildman–Crippen MR) is 34.6 cm³/mol. The highest BCUT2D eigenvalue weighted by molar-refractivity contribution is 7.95. The third kappa shape index (κ3) is 3.74. The van der Waals surface area contributed by atoms with Crippen LogP contribution in [0, 0.1) is 0 Å². The van der Waals surface area contributed by atoms with Crippen molar-refractivity contribution in [3.05, 3.63) is 6.08 Å². The van der Waals surface area contributed by atoms with E-state index in [1.165, 1.54) is 0 Å². The first-order valence-electron chi connectivity index (χ1n) is 1.88. The zero-order chi connectivity index (χ0) is 4.83. The van der Waals surface area contributed by atoms with E-state index in [4.69, 9.17) is 0 Å². The molecule has 34 valence electrons. The Bertz CT molecular complexity index is 87.1. The first-order chi connectivity index (χ1) is 2.91. The summed E-state index contributed by atoms with van der Waals surface area (Å²) in [6.07, 6.45) is 1.89. The summed E-state index contributed by atoms with van der Waals surface area (Å²) >= 11 is 0. The number of allylic oxidation sites excluding steroid dienone is 1. The topological polar surface area (TPSA) is 0 Å². The van der Waals surface area contributed by atoms with E-state index in [0.717, 1.165) is 0 Å². The molecule has 0 aliphatic rings. The molecule has 0 aromatic rings. The van der Waals surface area contributed by atoms with Crippen LogP contribution >= 0.6 is 10.9 Å². The molecule has 0 spiro atoms. The van der Waals surface area contributed by atoms with Crippen LogP contribution in [0.4, 0.5) is 0 Å². The minimum absolute atomic E-state index is 1.58. The maximum Gasteiger partial charge on any atom is -0.0264 e. The first-order valence-corrected chi connectivity index (χ1v) is 2.76. The average molecular weight is 100 g/mol. The Morgan fingerprint density at radius 3 is 2.33 bits per heavy atom. The highest BCUT2D eigenvalue weighted by atomic mass is 32.1. The third-order valence-electron chi connectivity index (χ3n) is 0.304. The molecule has 0 amide bonds. The van der Waals surface area contributed by atoms with Crippen LogP contribution in [0.1, 0.15) is 13.8 Å². The molecular formula is C5H8S. The Balaban J connectivity index is 3.79. The van der Waals surface area contributed by atoms with Gasteiger partial charge in [-0.25, -0.2) is 0 Å². The summed E-state index contributed by atoms with van der Waals surface area (Å²) in [6, 6.07) is 0. The Labute approximate surface area is 42.0 Å². The van der Waals surface area contributed by atoms with Gasteiger partial charge in [0.15, 0.2) is 0 Å². The number of hydrogen-bond donors (Lipinski definition) is 0. The molecule has 0 radical (unpaired) electrons. The summed E-state index contributed by atoms with van der Waals surface area (Å²) in [6.45, 7) is 3.94. The Morgan fingerprint density at radius 2 is 2.17 bits per heavy atom. The molecule has 0 aliphatic carbocycles. The molecule has 0 aliphatic heterocycles. The van der Waals surface area contributed by atoms with E-state index < -0.39 is 0 Å². The van der Waals surface area contributed by atoms with Crippen LogP contribution in [-0.2, 0) is 0 Å². The van der Waals surface area contributed by atoms with Gasteiger partial charge in [0, 0.05) is 0 Å². The molecule has 0 saturated carbocycles. The van der Waals surface area contributed by atoms with Crippen LogP contribution in [0.15, 0.2) is 6.08 Å². The summed E-state index contributed by atoms with van der Waals surface area (Å²) in [5.74, 6) is 0. The fourth-order valence-corrected chi connectivity index (χ4v) is 0.408. The molecule has 0 heterocycles. The van der Waals surface area contributed by atoms with Crippen molar-refractivity contribution in [1.82, 2.24) is 0 Å². The lowest BCUT2D eigenvalue weighted by Gasteiger charge is -1.47. The molecule has 0 nitrogen and oxygen atoms in total. The van der Waals surface area contributed by atoms with E-state index in [1.807, 2.05) is 25.3 Å². The predicted octanol–water partition coefficient (Wildman–Crippen LogP) is 1.52. The smallest absolute Gasteiger partial charge is 0.0264 e. The first kappa shape index (κ1) is 5.74. The van der Waals surface area contributed by atoms with Crippen LogP contribution in [0.5, 0.6) is 0 Å². The summed E-state index contributed by atoms with van der Waals surface area (Å²) in [4.78, 5) is 0. The highest BCUT2D eigenvalue weighted by Gasteiger charge is 1.36. The molecular weight excluding hydrogens is 92.1 g/mol. The highest BCUT2D eigenvalue weighted by Crippen LogP contribution is 1.55. The van der Waals surface area contributed by atoms with E-state index in [9.17, 15) is 0 Å². The lowest BCUT2D eigenvalue weighted by Crippen LogP contribution is -1.38. The molecule has 0 N–H and O–H groups in total. The number of hydrogen-bond acceptors (Lipinski definition) is 0. The van der Waals surface area contributed by atoms with E-state index >= 15 is 0 Å². The average Bonchev–Trinajstić information content (AvgIpc) is 1.61. The second-order valence-electron chi connectivity index (χ2n) is 0.760. The van der Waals surface area contributed by atoms with Crippen molar-refractivity contribution >= 4 is 21.3 Å². The molecule has 0 rings (SSSR count). The van der Waals surface area contributed by atoms with Crippen molar-refractivity contribution in [1.29, 1.82) is 0 Å². The summed E-state index contributed by atoms with van der Waals surface area (Å²) in [7, 11) is 1.58. The van der Waals surface area contributed by atoms with Crippen molar-refractivity contribution < 1.29 is 0 Å². The van der Waals surface area contributed by atoms with Crippen molar-refractivity contribution in [3.63, 3.8) is 0 Å². The molecule has 0 saturated heterocycles. The fourth-order valence-electron chi connectivity index (χ4n) is 0.136. The van der Waals surface area contributed by atoms with Crippen molar-refractivity contribution in [2.24, 2.45) is 0 Å². The van der Waals surface area contributed by atoms with Crippen LogP contribution in [0.2, 0.25) is 0 Å². The van der Waals surface area contributed by atoms with Gasteiger partial charge in [0.25, 0.3) is 0 Å². The van der Waals surface area contributed by atoms with Crippen LogP contribution < -0.4 is 0 Å². The molecule has 0 fully saturated rings. The SMILES string of the molecule is CC=C=S=CC. The van der Waals surface area contributed by atoms with Gasteiger partial charge in [0.1, 0.15) is 0 Å². The summed E-state index contributed by atoms with van der Waals surface area (Å²) in [5, 5.41) is 4.92. The van der Waals surface area contributed by atoms with Gasteiger partial charge < -0.3 is 0 Å². The van der Waals surface area contributed by atoms with Crippen LogP contribution in [0.3, 0.4) is 0 Å². The minimum atomic E-state index is 1.58. The lowest BCUT2D eigenvalue weighted by molar-refractivity contribution is 1.84. The van der Waals surface area contributed by atoms with E-state index in [-0.39, 0.29) is 0 Å². The second kappa shape index (κ2) is 4.74. The Kier molecular flexibility index (Phi) is 4.53. The van der Waals surface area contributed by atoms with Crippen LogP contribution in [0.25, 0.3) is 0 Å². The van der Waals surface area contributed by atoms with Gasteiger partial charge in [0.2, 0.25) is 0 Å². The minimum Gasteiger partial charge on any atom is -0.106 e. The maximum absolute atomic E-state index is 2.93. The van der Waals surface area contributed by atoms with Gasteiger partial charge in [-0.2, -0.15) is 0 Å². The van der Waals surface area contributed by atoms with Gasteiger partial charge in [-0.05, 0) is 25.3 Å². The van der Waals surface area contributed by atoms with Gasteiger partial charge >= 0.3 is 0 Å². The zero-order valence-electron chi connectivity index (χ0n) is 4.06.